The summed E-state index contributed by atoms with van der Waals surface area (Å²) in [5.74, 6) is 0. The van der Waals surface area contributed by atoms with Crippen LogP contribution in [0.4, 0.5) is 0 Å². The molecular formula is C22H55N9. The molecule has 0 saturated carbocycles. The van der Waals surface area contributed by atoms with E-state index in [0.29, 0.717) is 32.7 Å². The van der Waals surface area contributed by atoms with Crippen LogP contribution in [0, 0.1) is 10.8 Å². The van der Waals surface area contributed by atoms with Crippen molar-refractivity contribution in [2.24, 2.45) is 39.5 Å². The van der Waals surface area contributed by atoms with Crippen LogP contribution in [0.1, 0.15) is 27.7 Å². The molecule has 9 heteroatoms. The number of hydrogen-bond acceptors (Lipinski definition) is 9. The van der Waals surface area contributed by atoms with Crippen LogP contribution in [0.2, 0.25) is 0 Å². The van der Waals surface area contributed by atoms with Gasteiger partial charge in [-0.1, -0.05) is 27.7 Å². The van der Waals surface area contributed by atoms with Gasteiger partial charge in [0, 0.05) is 91.6 Å². The highest BCUT2D eigenvalue weighted by Crippen LogP contribution is 2.14. The normalized spacial score (nSPS) is 13.2. The first kappa shape index (κ1) is 30.6. The number of nitrogens with two attached hydrogens (primary N) is 5. The van der Waals surface area contributed by atoms with Crippen LogP contribution in [0.5, 0.6) is 0 Å². The topological polar surface area (TPSA) is 152 Å². The van der Waals surface area contributed by atoms with E-state index >= 15 is 0 Å². The van der Waals surface area contributed by atoms with Crippen molar-refractivity contribution in [1.29, 1.82) is 0 Å². The molecule has 0 saturated heterocycles. The van der Waals surface area contributed by atoms with E-state index in [2.05, 4.69) is 47.7 Å². The Hall–Kier alpha value is -0.360. The number of rotatable bonds is 21. The Kier molecular flexibility index (Phi) is 17.0. The van der Waals surface area contributed by atoms with Gasteiger partial charge in [0.05, 0.1) is 0 Å². The third-order valence-electron chi connectivity index (χ3n) is 5.77. The Labute approximate surface area is 192 Å². The third-order valence-corrected chi connectivity index (χ3v) is 5.77. The molecule has 0 aromatic carbocycles. The van der Waals surface area contributed by atoms with Crippen LogP contribution in [0.15, 0.2) is 0 Å². The predicted octanol–water partition coefficient (Wildman–Crippen LogP) is -1.67. The summed E-state index contributed by atoms with van der Waals surface area (Å²) in [4.78, 5) is 7.33. The molecule has 0 aromatic heterocycles. The molecule has 0 rings (SSSR count). The number of hydrogen-bond donors (Lipinski definition) is 6. The minimum atomic E-state index is 0.0917. The van der Waals surface area contributed by atoms with Crippen LogP contribution in [0.25, 0.3) is 0 Å². The average molecular weight is 446 g/mol. The Morgan fingerprint density at radius 2 is 0.968 bits per heavy atom. The van der Waals surface area contributed by atoms with Crippen molar-refractivity contribution in [2.75, 3.05) is 105 Å². The lowest BCUT2D eigenvalue weighted by molar-refractivity contribution is 0.148. The predicted molar refractivity (Wildman–Crippen MR) is 135 cm³/mol. The molecule has 0 aromatic rings. The number of nitrogens with zero attached hydrogens (tertiary/aromatic N) is 3. The van der Waals surface area contributed by atoms with E-state index in [-0.39, 0.29) is 10.8 Å². The molecule has 0 radical (unpaired) electrons. The van der Waals surface area contributed by atoms with Gasteiger partial charge in [0.1, 0.15) is 0 Å². The Morgan fingerprint density at radius 1 is 0.548 bits per heavy atom. The molecule has 0 fully saturated rings. The first-order valence-corrected chi connectivity index (χ1v) is 12.0. The van der Waals surface area contributed by atoms with Crippen LogP contribution >= 0.6 is 0 Å². The summed E-state index contributed by atoms with van der Waals surface area (Å²) in [6.45, 7) is 22.6. The minimum absolute atomic E-state index is 0.0917. The molecule has 0 unspecified atom stereocenters. The fourth-order valence-corrected chi connectivity index (χ4v) is 3.46. The van der Waals surface area contributed by atoms with Gasteiger partial charge < -0.3 is 38.9 Å². The summed E-state index contributed by atoms with van der Waals surface area (Å²) in [6.07, 6.45) is 0. The fourth-order valence-electron chi connectivity index (χ4n) is 3.46. The zero-order valence-corrected chi connectivity index (χ0v) is 21.0. The molecule has 0 bridgehead atoms. The standard InChI is InChI=1S/C22H55N9/c1-21(2,17-26)19-28-8-12-30(14-13-29(9-5-23)10-6-24)15-16-31(11-7-25)20-22(3,4)18-27/h28H,5-20,23-27H2,1-4H3. The lowest BCUT2D eigenvalue weighted by Gasteiger charge is -2.34. The van der Waals surface area contributed by atoms with Gasteiger partial charge in [-0.25, -0.2) is 0 Å². The molecule has 9 nitrogen and oxygen atoms in total. The molecule has 0 heterocycles. The smallest absolute Gasteiger partial charge is 0.0110 e. The van der Waals surface area contributed by atoms with Crippen molar-refractivity contribution in [3.8, 4) is 0 Å². The van der Waals surface area contributed by atoms with Gasteiger partial charge in [0.2, 0.25) is 0 Å². The first-order valence-electron chi connectivity index (χ1n) is 12.0. The lowest BCUT2D eigenvalue weighted by atomic mass is 9.93. The van der Waals surface area contributed by atoms with Gasteiger partial charge in [0.25, 0.3) is 0 Å². The molecule has 0 aliphatic carbocycles. The van der Waals surface area contributed by atoms with Crippen LogP contribution in [0.3, 0.4) is 0 Å². The van der Waals surface area contributed by atoms with E-state index in [1.807, 2.05) is 0 Å². The van der Waals surface area contributed by atoms with Crippen LogP contribution in [-0.4, -0.2) is 119 Å². The summed E-state index contributed by atoms with van der Waals surface area (Å²) in [5.41, 5.74) is 29.5. The van der Waals surface area contributed by atoms with E-state index < -0.39 is 0 Å². The second-order valence-corrected chi connectivity index (χ2v) is 10.2. The molecule has 31 heavy (non-hydrogen) atoms. The van der Waals surface area contributed by atoms with E-state index in [0.717, 1.165) is 72.0 Å². The van der Waals surface area contributed by atoms with E-state index in [1.165, 1.54) is 0 Å². The van der Waals surface area contributed by atoms with E-state index in [9.17, 15) is 0 Å². The third kappa shape index (κ3) is 16.0. The summed E-state index contributed by atoms with van der Waals surface area (Å²) in [7, 11) is 0. The van der Waals surface area contributed by atoms with Crippen molar-refractivity contribution in [3.63, 3.8) is 0 Å². The fraction of sp³-hybridized carbons (Fsp3) is 1.00. The first-order chi connectivity index (χ1) is 14.6. The van der Waals surface area contributed by atoms with Crippen molar-refractivity contribution in [3.05, 3.63) is 0 Å². The number of nitrogens with one attached hydrogen (secondary N) is 1. The van der Waals surface area contributed by atoms with Gasteiger partial charge >= 0.3 is 0 Å². The van der Waals surface area contributed by atoms with Crippen LogP contribution in [-0.2, 0) is 0 Å². The van der Waals surface area contributed by atoms with Gasteiger partial charge in [-0.2, -0.15) is 0 Å². The molecule has 0 aliphatic heterocycles. The van der Waals surface area contributed by atoms with Crippen molar-refractivity contribution in [1.82, 2.24) is 20.0 Å². The molecule has 11 N–H and O–H groups in total. The zero-order valence-electron chi connectivity index (χ0n) is 21.0. The zero-order chi connectivity index (χ0) is 23.8. The average Bonchev–Trinajstić information content (AvgIpc) is 2.72. The summed E-state index contributed by atoms with van der Waals surface area (Å²) >= 11 is 0. The molecule has 188 valence electrons. The van der Waals surface area contributed by atoms with Gasteiger partial charge in [-0.15, -0.1) is 0 Å². The van der Waals surface area contributed by atoms with Crippen molar-refractivity contribution in [2.45, 2.75) is 27.7 Å². The molecule has 0 aliphatic rings. The molecule has 0 amide bonds. The monoisotopic (exact) mass is 445 g/mol. The Balaban J connectivity index is 4.84. The highest BCUT2D eigenvalue weighted by Gasteiger charge is 2.21. The second kappa shape index (κ2) is 17.2. The van der Waals surface area contributed by atoms with Crippen molar-refractivity contribution < 1.29 is 0 Å². The lowest BCUT2D eigenvalue weighted by Crippen LogP contribution is -2.47. The SMILES string of the molecule is CC(C)(CN)CNCCN(CCN(CCN)CCN)CCN(CCN)CC(C)(C)CN. The molecule has 0 spiro atoms. The largest absolute Gasteiger partial charge is 0.330 e. The maximum atomic E-state index is 5.96. The quantitative estimate of drug-likeness (QED) is 0.114. The minimum Gasteiger partial charge on any atom is -0.330 e. The van der Waals surface area contributed by atoms with Crippen molar-refractivity contribution >= 4 is 0 Å². The highest BCUT2D eigenvalue weighted by molar-refractivity contribution is 4.77. The maximum absolute atomic E-state index is 5.96. The van der Waals surface area contributed by atoms with Gasteiger partial charge in [-0.3, -0.25) is 9.80 Å². The highest BCUT2D eigenvalue weighted by atomic mass is 15.2. The summed E-state index contributed by atoms with van der Waals surface area (Å²) in [5, 5.41) is 3.58. The van der Waals surface area contributed by atoms with Gasteiger partial charge in [0.15, 0.2) is 0 Å². The second-order valence-electron chi connectivity index (χ2n) is 10.2. The molecular weight excluding hydrogens is 390 g/mol. The summed E-state index contributed by atoms with van der Waals surface area (Å²) in [6, 6.07) is 0. The van der Waals surface area contributed by atoms with Crippen LogP contribution < -0.4 is 34.0 Å². The maximum Gasteiger partial charge on any atom is 0.0110 e. The Morgan fingerprint density at radius 3 is 1.42 bits per heavy atom. The Bertz CT molecular complexity index is 412. The van der Waals surface area contributed by atoms with E-state index in [4.69, 9.17) is 28.7 Å². The van der Waals surface area contributed by atoms with E-state index in [1.54, 1.807) is 0 Å². The molecule has 0 atom stereocenters. The summed E-state index contributed by atoms with van der Waals surface area (Å²) < 4.78 is 0. The van der Waals surface area contributed by atoms with Gasteiger partial charge in [-0.05, 0) is 23.9 Å².